The van der Waals surface area contributed by atoms with Gasteiger partial charge in [0, 0.05) is 6.07 Å². The van der Waals surface area contributed by atoms with Gasteiger partial charge in [-0.25, -0.2) is 0 Å². The molecule has 2 aromatic carbocycles. The van der Waals surface area contributed by atoms with Crippen LogP contribution in [0, 0.1) is 0 Å². The van der Waals surface area contributed by atoms with Gasteiger partial charge in [-0.2, -0.15) is 13.2 Å². The molecular weight excluding hydrogens is 283 g/mol. The highest BCUT2D eigenvalue weighted by Gasteiger charge is 2.34. The summed E-state index contributed by atoms with van der Waals surface area (Å²) in [6.07, 6.45) is -4.48. The lowest BCUT2D eigenvalue weighted by atomic mass is 10.2. The summed E-state index contributed by atoms with van der Waals surface area (Å²) in [5, 5.41) is 0. The van der Waals surface area contributed by atoms with Crippen LogP contribution in [0.4, 0.5) is 18.9 Å². The van der Waals surface area contributed by atoms with Crippen LogP contribution in [-0.4, -0.2) is 6.61 Å². The van der Waals surface area contributed by atoms with E-state index in [1.807, 2.05) is 0 Å². The van der Waals surface area contributed by atoms with Crippen molar-refractivity contribution in [3.8, 4) is 17.2 Å². The number of anilines is 1. The first-order valence-electron chi connectivity index (χ1n) is 6.28. The monoisotopic (exact) mass is 297 g/mol. The molecule has 0 bridgehead atoms. The first-order chi connectivity index (χ1) is 9.91. The van der Waals surface area contributed by atoms with Gasteiger partial charge in [0.25, 0.3) is 0 Å². The molecule has 2 N–H and O–H groups in total. The van der Waals surface area contributed by atoms with E-state index in [0.29, 0.717) is 18.0 Å². The van der Waals surface area contributed by atoms with Crippen LogP contribution in [0.1, 0.15) is 12.5 Å². The standard InChI is InChI=1S/C15H14F3NO2/c1-2-20-14-9-10(7-8-12(14)19)21-13-6-4-3-5-11(13)15(16,17)18/h3-9H,2,19H2,1H3. The Morgan fingerprint density at radius 3 is 2.43 bits per heavy atom. The molecule has 0 heterocycles. The summed E-state index contributed by atoms with van der Waals surface area (Å²) in [4.78, 5) is 0. The first-order valence-corrected chi connectivity index (χ1v) is 6.28. The zero-order valence-corrected chi connectivity index (χ0v) is 11.3. The maximum Gasteiger partial charge on any atom is 0.419 e. The third kappa shape index (κ3) is 3.59. The van der Waals surface area contributed by atoms with E-state index in [2.05, 4.69) is 0 Å². The molecule has 0 fully saturated rings. The van der Waals surface area contributed by atoms with E-state index in [9.17, 15) is 13.2 Å². The van der Waals surface area contributed by atoms with Gasteiger partial charge in [0.15, 0.2) is 0 Å². The van der Waals surface area contributed by atoms with Crippen molar-refractivity contribution >= 4 is 5.69 Å². The molecule has 0 unspecified atom stereocenters. The predicted molar refractivity (Wildman–Crippen MR) is 73.5 cm³/mol. The lowest BCUT2D eigenvalue weighted by Crippen LogP contribution is -2.06. The topological polar surface area (TPSA) is 44.5 Å². The molecule has 0 radical (unpaired) electrons. The third-order valence-electron chi connectivity index (χ3n) is 2.71. The average molecular weight is 297 g/mol. The Bertz CT molecular complexity index is 627. The molecule has 0 saturated heterocycles. The summed E-state index contributed by atoms with van der Waals surface area (Å²) in [7, 11) is 0. The molecule has 3 nitrogen and oxygen atoms in total. The molecule has 6 heteroatoms. The van der Waals surface area contributed by atoms with Gasteiger partial charge < -0.3 is 15.2 Å². The number of halogens is 3. The van der Waals surface area contributed by atoms with E-state index in [1.54, 1.807) is 6.92 Å². The quantitative estimate of drug-likeness (QED) is 0.846. The second kappa shape index (κ2) is 5.95. The summed E-state index contributed by atoms with van der Waals surface area (Å²) in [5.74, 6) is 0.334. The number of alkyl halides is 3. The number of nitrogen functional groups attached to an aromatic ring is 1. The van der Waals surface area contributed by atoms with Gasteiger partial charge in [0.05, 0.1) is 17.9 Å². The summed E-state index contributed by atoms with van der Waals surface area (Å²) in [6, 6.07) is 9.50. The molecule has 0 spiro atoms. The number of nitrogens with two attached hydrogens (primary N) is 1. The Kier molecular flexibility index (Phi) is 4.26. The van der Waals surface area contributed by atoms with Crippen molar-refractivity contribution in [1.82, 2.24) is 0 Å². The first kappa shape index (κ1) is 15.0. The van der Waals surface area contributed by atoms with Crippen molar-refractivity contribution in [2.45, 2.75) is 13.1 Å². The Morgan fingerprint density at radius 2 is 1.76 bits per heavy atom. The lowest BCUT2D eigenvalue weighted by Gasteiger charge is -2.14. The number of benzene rings is 2. The molecule has 21 heavy (non-hydrogen) atoms. The molecule has 112 valence electrons. The SMILES string of the molecule is CCOc1cc(Oc2ccccc2C(F)(F)F)ccc1N. The minimum absolute atomic E-state index is 0.226. The van der Waals surface area contributed by atoms with Crippen molar-refractivity contribution in [2.24, 2.45) is 0 Å². The second-order valence-corrected chi connectivity index (χ2v) is 4.23. The van der Waals surface area contributed by atoms with Crippen LogP contribution in [0.5, 0.6) is 17.2 Å². The zero-order valence-electron chi connectivity index (χ0n) is 11.3. The van der Waals surface area contributed by atoms with Crippen LogP contribution in [0.25, 0.3) is 0 Å². The lowest BCUT2D eigenvalue weighted by molar-refractivity contribution is -0.138. The van der Waals surface area contributed by atoms with Crippen LogP contribution in [0.15, 0.2) is 42.5 Å². The number of ether oxygens (including phenoxy) is 2. The van der Waals surface area contributed by atoms with Crippen molar-refractivity contribution in [1.29, 1.82) is 0 Å². The summed E-state index contributed by atoms with van der Waals surface area (Å²) < 4.78 is 49.3. The van der Waals surface area contributed by atoms with Gasteiger partial charge in [-0.05, 0) is 31.2 Å². The molecule has 0 aliphatic heterocycles. The van der Waals surface area contributed by atoms with Gasteiger partial charge in [0.2, 0.25) is 0 Å². The van der Waals surface area contributed by atoms with Crippen molar-refractivity contribution < 1.29 is 22.6 Å². The Morgan fingerprint density at radius 1 is 1.05 bits per heavy atom. The molecule has 0 aromatic heterocycles. The molecule has 0 aliphatic carbocycles. The Balaban J connectivity index is 2.33. The van der Waals surface area contributed by atoms with Crippen LogP contribution in [0.2, 0.25) is 0 Å². The van der Waals surface area contributed by atoms with E-state index < -0.39 is 11.7 Å². The van der Waals surface area contributed by atoms with E-state index in [4.69, 9.17) is 15.2 Å². The van der Waals surface area contributed by atoms with E-state index in [0.717, 1.165) is 6.07 Å². The van der Waals surface area contributed by atoms with Crippen LogP contribution >= 0.6 is 0 Å². The largest absolute Gasteiger partial charge is 0.492 e. The molecule has 2 rings (SSSR count). The van der Waals surface area contributed by atoms with E-state index in [1.165, 1.54) is 36.4 Å². The number of hydrogen-bond donors (Lipinski definition) is 1. The summed E-state index contributed by atoms with van der Waals surface area (Å²) >= 11 is 0. The van der Waals surface area contributed by atoms with Crippen molar-refractivity contribution in [2.75, 3.05) is 12.3 Å². The fraction of sp³-hybridized carbons (Fsp3) is 0.200. The zero-order chi connectivity index (χ0) is 15.5. The van der Waals surface area contributed by atoms with Gasteiger partial charge >= 0.3 is 6.18 Å². The molecule has 0 amide bonds. The predicted octanol–water partition coefficient (Wildman–Crippen LogP) is 4.48. The normalized spacial score (nSPS) is 11.2. The minimum atomic E-state index is -4.48. The van der Waals surface area contributed by atoms with Crippen molar-refractivity contribution in [3.63, 3.8) is 0 Å². The summed E-state index contributed by atoms with van der Waals surface area (Å²) in [5.41, 5.74) is 5.27. The van der Waals surface area contributed by atoms with Crippen LogP contribution < -0.4 is 15.2 Å². The van der Waals surface area contributed by atoms with Crippen LogP contribution in [-0.2, 0) is 6.18 Å². The Hall–Kier alpha value is -2.37. The highest BCUT2D eigenvalue weighted by atomic mass is 19.4. The fourth-order valence-electron chi connectivity index (χ4n) is 1.78. The van der Waals surface area contributed by atoms with Gasteiger partial charge in [0.1, 0.15) is 17.2 Å². The summed E-state index contributed by atoms with van der Waals surface area (Å²) in [6.45, 7) is 2.18. The molecular formula is C15H14F3NO2. The van der Waals surface area contributed by atoms with Crippen LogP contribution in [0.3, 0.4) is 0 Å². The van der Waals surface area contributed by atoms with Gasteiger partial charge in [-0.1, -0.05) is 12.1 Å². The Labute approximate surface area is 120 Å². The van der Waals surface area contributed by atoms with E-state index in [-0.39, 0.29) is 11.5 Å². The molecule has 2 aromatic rings. The number of para-hydroxylation sites is 1. The minimum Gasteiger partial charge on any atom is -0.492 e. The smallest absolute Gasteiger partial charge is 0.419 e. The van der Waals surface area contributed by atoms with Crippen molar-refractivity contribution in [3.05, 3.63) is 48.0 Å². The average Bonchev–Trinajstić information content (AvgIpc) is 2.42. The third-order valence-corrected chi connectivity index (χ3v) is 2.71. The highest BCUT2D eigenvalue weighted by molar-refractivity contribution is 5.56. The molecule has 0 aliphatic rings. The molecule has 0 saturated carbocycles. The number of rotatable bonds is 4. The second-order valence-electron chi connectivity index (χ2n) is 4.23. The van der Waals surface area contributed by atoms with Gasteiger partial charge in [-0.15, -0.1) is 0 Å². The maximum atomic E-state index is 12.9. The maximum absolute atomic E-state index is 12.9. The fourth-order valence-corrected chi connectivity index (χ4v) is 1.78. The van der Waals surface area contributed by atoms with E-state index >= 15 is 0 Å². The molecule has 0 atom stereocenters. The number of hydrogen-bond acceptors (Lipinski definition) is 3. The highest BCUT2D eigenvalue weighted by Crippen LogP contribution is 2.38. The van der Waals surface area contributed by atoms with Gasteiger partial charge in [-0.3, -0.25) is 0 Å².